The quantitative estimate of drug-likeness (QED) is 0.539. The monoisotopic (exact) mass is 423 g/mol. The molecule has 3 aliphatic rings. The van der Waals surface area contributed by atoms with Crippen molar-refractivity contribution in [3.63, 3.8) is 0 Å². The van der Waals surface area contributed by atoms with E-state index >= 15 is 0 Å². The molecule has 1 N–H and O–H groups in total. The van der Waals surface area contributed by atoms with Gasteiger partial charge in [0.2, 0.25) is 0 Å². The van der Waals surface area contributed by atoms with Crippen LogP contribution in [0, 0.1) is 24.2 Å². The van der Waals surface area contributed by atoms with Crippen LogP contribution in [0.3, 0.4) is 0 Å². The van der Waals surface area contributed by atoms with Crippen molar-refractivity contribution in [2.45, 2.75) is 69.7 Å². The topological polar surface area (TPSA) is 21.3 Å². The molecule has 2 fully saturated rings. The lowest BCUT2D eigenvalue weighted by molar-refractivity contribution is -0.0124. The molecule has 5 rings (SSSR count). The summed E-state index contributed by atoms with van der Waals surface area (Å²) in [6.07, 6.45) is 7.24. The largest absolute Gasteiger partial charge is 0.497 e. The SMILES string of the molecule is COc1ccc2c(c1)CC[C@@H]1[C@@H]2CC[C@]2(C)[C@@H](Nc3ccccc3C)C[C@@H](Cl)C[C@@H]12. The second-order valence-electron chi connectivity index (χ2n) is 10.1. The van der Waals surface area contributed by atoms with Crippen LogP contribution in [0.5, 0.6) is 5.75 Å². The fourth-order valence-corrected chi connectivity index (χ4v) is 7.32. The van der Waals surface area contributed by atoms with Gasteiger partial charge in [-0.2, -0.15) is 0 Å². The molecule has 0 amide bonds. The van der Waals surface area contributed by atoms with Crippen molar-refractivity contribution in [2.75, 3.05) is 12.4 Å². The number of hydrogen-bond acceptors (Lipinski definition) is 2. The standard InChI is InChI=1S/C27H34ClNO/c1-17-6-4-5-7-25(17)29-26-16-19(28)15-24-23-10-8-18-14-20(30-3)9-11-21(18)22(23)12-13-27(24,26)2/h4-7,9,11,14,19,22-24,26,29H,8,10,12-13,15-16H2,1-3H3/t19-,22+,23+,24-,26-,27-/m0/s1. The van der Waals surface area contributed by atoms with Gasteiger partial charge in [0.25, 0.3) is 0 Å². The third-order valence-corrected chi connectivity index (χ3v) is 9.00. The summed E-state index contributed by atoms with van der Waals surface area (Å²) in [5, 5.41) is 4.21. The van der Waals surface area contributed by atoms with E-state index in [4.69, 9.17) is 16.3 Å². The van der Waals surface area contributed by atoms with E-state index in [9.17, 15) is 0 Å². The smallest absolute Gasteiger partial charge is 0.119 e. The molecule has 2 nitrogen and oxygen atoms in total. The van der Waals surface area contributed by atoms with Gasteiger partial charge < -0.3 is 10.1 Å². The number of alkyl halides is 1. The number of aryl methyl sites for hydroxylation is 2. The fourth-order valence-electron chi connectivity index (χ4n) is 6.95. The van der Waals surface area contributed by atoms with E-state index in [0.717, 1.165) is 24.5 Å². The van der Waals surface area contributed by atoms with Gasteiger partial charge in [-0.15, -0.1) is 11.6 Å². The van der Waals surface area contributed by atoms with Crippen molar-refractivity contribution in [2.24, 2.45) is 17.3 Å². The highest BCUT2D eigenvalue weighted by atomic mass is 35.5. The summed E-state index contributed by atoms with van der Waals surface area (Å²) >= 11 is 6.91. The van der Waals surface area contributed by atoms with Crippen molar-refractivity contribution in [3.05, 3.63) is 59.2 Å². The second kappa shape index (κ2) is 7.79. The zero-order valence-electron chi connectivity index (χ0n) is 18.5. The number of benzene rings is 2. The molecular formula is C27H34ClNO. The van der Waals surface area contributed by atoms with E-state index in [1.165, 1.54) is 42.5 Å². The Balaban J connectivity index is 1.45. The number of halogens is 1. The van der Waals surface area contributed by atoms with E-state index in [0.29, 0.717) is 23.3 Å². The van der Waals surface area contributed by atoms with Gasteiger partial charge in [-0.3, -0.25) is 0 Å². The predicted molar refractivity (Wildman–Crippen MR) is 126 cm³/mol. The molecule has 0 unspecified atom stereocenters. The van der Waals surface area contributed by atoms with Crippen LogP contribution in [-0.4, -0.2) is 18.5 Å². The molecule has 6 atom stereocenters. The fraction of sp³-hybridized carbons (Fsp3) is 0.556. The van der Waals surface area contributed by atoms with E-state index in [1.54, 1.807) is 12.7 Å². The molecule has 0 radical (unpaired) electrons. The first kappa shape index (κ1) is 20.2. The molecule has 30 heavy (non-hydrogen) atoms. The van der Waals surface area contributed by atoms with Crippen LogP contribution < -0.4 is 10.1 Å². The summed E-state index contributed by atoms with van der Waals surface area (Å²) in [6.45, 7) is 4.75. The summed E-state index contributed by atoms with van der Waals surface area (Å²) in [4.78, 5) is 0. The van der Waals surface area contributed by atoms with E-state index in [-0.39, 0.29) is 5.38 Å². The third kappa shape index (κ3) is 3.32. The normalized spacial score (nSPS) is 35.0. The van der Waals surface area contributed by atoms with Gasteiger partial charge in [0.05, 0.1) is 7.11 Å². The first-order valence-corrected chi connectivity index (χ1v) is 12.1. The second-order valence-corrected chi connectivity index (χ2v) is 10.7. The number of methoxy groups -OCH3 is 1. The van der Waals surface area contributed by atoms with Crippen molar-refractivity contribution >= 4 is 17.3 Å². The molecule has 2 saturated carbocycles. The van der Waals surface area contributed by atoms with Crippen LogP contribution in [0.15, 0.2) is 42.5 Å². The minimum atomic E-state index is 0.264. The maximum absolute atomic E-state index is 6.91. The van der Waals surface area contributed by atoms with Gasteiger partial charge in [-0.05, 0) is 104 Å². The van der Waals surface area contributed by atoms with Gasteiger partial charge in [-0.25, -0.2) is 0 Å². The van der Waals surface area contributed by atoms with Crippen LogP contribution in [-0.2, 0) is 6.42 Å². The molecule has 3 heteroatoms. The molecular weight excluding hydrogens is 390 g/mol. The lowest BCUT2D eigenvalue weighted by Crippen LogP contribution is -2.55. The average Bonchev–Trinajstić information content (AvgIpc) is 2.75. The van der Waals surface area contributed by atoms with Crippen molar-refractivity contribution in [1.82, 2.24) is 0 Å². The zero-order valence-corrected chi connectivity index (χ0v) is 19.2. The van der Waals surface area contributed by atoms with Crippen LogP contribution >= 0.6 is 11.6 Å². The number of para-hydroxylation sites is 1. The van der Waals surface area contributed by atoms with Gasteiger partial charge in [0, 0.05) is 17.1 Å². The number of hydrogen-bond donors (Lipinski definition) is 1. The maximum Gasteiger partial charge on any atom is 0.119 e. The number of ether oxygens (including phenoxy) is 1. The summed E-state index contributed by atoms with van der Waals surface area (Å²) in [7, 11) is 1.77. The van der Waals surface area contributed by atoms with Crippen molar-refractivity contribution in [1.29, 1.82) is 0 Å². The first-order valence-electron chi connectivity index (χ1n) is 11.6. The zero-order chi connectivity index (χ0) is 20.9. The molecule has 0 aliphatic heterocycles. The lowest BCUT2D eigenvalue weighted by Gasteiger charge is -2.58. The Morgan fingerprint density at radius 1 is 1.10 bits per heavy atom. The Bertz CT molecular complexity index is 927. The molecule has 0 heterocycles. The molecule has 2 aromatic carbocycles. The van der Waals surface area contributed by atoms with Crippen LogP contribution in [0.1, 0.15) is 61.6 Å². The molecule has 0 spiro atoms. The Morgan fingerprint density at radius 3 is 2.73 bits per heavy atom. The maximum atomic E-state index is 6.91. The summed E-state index contributed by atoms with van der Waals surface area (Å²) in [6, 6.07) is 15.9. The van der Waals surface area contributed by atoms with Gasteiger partial charge in [0.15, 0.2) is 0 Å². The van der Waals surface area contributed by atoms with E-state index in [2.05, 4.69) is 61.6 Å². The number of fused-ring (bicyclic) bond motifs is 5. The number of anilines is 1. The van der Waals surface area contributed by atoms with Crippen molar-refractivity contribution < 1.29 is 4.74 Å². The summed E-state index contributed by atoms with van der Waals surface area (Å²) in [5.74, 6) is 3.10. The average molecular weight is 424 g/mol. The minimum absolute atomic E-state index is 0.264. The van der Waals surface area contributed by atoms with Crippen LogP contribution in [0.4, 0.5) is 5.69 Å². The summed E-state index contributed by atoms with van der Waals surface area (Å²) in [5.41, 5.74) is 5.99. The Hall–Kier alpha value is -1.67. The number of rotatable bonds is 3. The lowest BCUT2D eigenvalue weighted by atomic mass is 9.49. The predicted octanol–water partition coefficient (Wildman–Crippen LogP) is 6.95. The molecule has 2 aromatic rings. The Kier molecular flexibility index (Phi) is 5.25. The first-order chi connectivity index (χ1) is 14.5. The molecule has 0 bridgehead atoms. The van der Waals surface area contributed by atoms with Crippen LogP contribution in [0.2, 0.25) is 0 Å². The van der Waals surface area contributed by atoms with Crippen LogP contribution in [0.25, 0.3) is 0 Å². The highest BCUT2D eigenvalue weighted by Crippen LogP contribution is 2.60. The van der Waals surface area contributed by atoms with Crippen molar-refractivity contribution in [3.8, 4) is 5.75 Å². The minimum Gasteiger partial charge on any atom is -0.497 e. The highest BCUT2D eigenvalue weighted by molar-refractivity contribution is 6.20. The van der Waals surface area contributed by atoms with Gasteiger partial charge in [0.1, 0.15) is 5.75 Å². The highest BCUT2D eigenvalue weighted by Gasteiger charge is 2.54. The van der Waals surface area contributed by atoms with E-state index in [1.807, 2.05) is 0 Å². The van der Waals surface area contributed by atoms with Gasteiger partial charge >= 0.3 is 0 Å². The molecule has 3 aliphatic carbocycles. The van der Waals surface area contributed by atoms with Gasteiger partial charge in [-0.1, -0.05) is 31.2 Å². The Morgan fingerprint density at radius 2 is 1.93 bits per heavy atom. The summed E-state index contributed by atoms with van der Waals surface area (Å²) < 4.78 is 5.49. The molecule has 0 aromatic heterocycles. The third-order valence-electron chi connectivity index (χ3n) is 8.64. The molecule has 0 saturated heterocycles. The Labute approximate surface area is 186 Å². The van der Waals surface area contributed by atoms with E-state index < -0.39 is 0 Å². The molecule has 160 valence electrons. The number of nitrogens with one attached hydrogen (secondary N) is 1.